The van der Waals surface area contributed by atoms with E-state index in [9.17, 15) is 19.5 Å². The molecule has 0 radical (unpaired) electrons. The SMILES string of the molecule is CC/C=C\C/C=C\C/C=C\C/C=C\C/C=C\CCCCCCCCCCCC(=O)OC(COC(=O)CCCCCCCCCCC/C=C\CCCCCCCCCC)COC(OCC[N+](C)(C)C)C(=O)O. The Kier molecular flexibility index (Phi) is 50.6. The minimum Gasteiger partial charge on any atom is -0.477 e. The van der Waals surface area contributed by atoms with Gasteiger partial charge in [0.1, 0.15) is 13.2 Å². The van der Waals surface area contributed by atoms with Crippen LogP contribution in [0.2, 0.25) is 0 Å². The molecule has 0 rings (SSSR count). The summed E-state index contributed by atoms with van der Waals surface area (Å²) in [5, 5.41) is 9.70. The molecular weight excluding hydrogens is 887 g/mol. The van der Waals surface area contributed by atoms with Gasteiger partial charge in [-0.25, -0.2) is 4.79 Å². The lowest BCUT2D eigenvalue weighted by atomic mass is 10.1. The van der Waals surface area contributed by atoms with Crippen molar-refractivity contribution in [3.05, 3.63) is 72.9 Å². The topological polar surface area (TPSA) is 108 Å². The van der Waals surface area contributed by atoms with E-state index in [2.05, 4.69) is 86.8 Å². The van der Waals surface area contributed by atoms with E-state index in [-0.39, 0.29) is 32.2 Å². The minimum atomic E-state index is -1.52. The van der Waals surface area contributed by atoms with Gasteiger partial charge in [0.05, 0.1) is 34.4 Å². The van der Waals surface area contributed by atoms with Crippen LogP contribution >= 0.6 is 0 Å². The third-order valence-electron chi connectivity index (χ3n) is 12.4. The summed E-state index contributed by atoms with van der Waals surface area (Å²) in [6.45, 7) is 4.77. The minimum absolute atomic E-state index is 0.184. The number of esters is 2. The van der Waals surface area contributed by atoms with Gasteiger partial charge < -0.3 is 28.5 Å². The Morgan fingerprint density at radius 2 is 0.803 bits per heavy atom. The molecule has 9 heteroatoms. The van der Waals surface area contributed by atoms with Crippen LogP contribution in [-0.2, 0) is 33.3 Å². The number of carboxylic acids is 1. The van der Waals surface area contributed by atoms with E-state index in [1.54, 1.807) is 0 Å². The maximum Gasteiger partial charge on any atom is 0.361 e. The van der Waals surface area contributed by atoms with E-state index < -0.39 is 24.3 Å². The van der Waals surface area contributed by atoms with Crippen molar-refractivity contribution in [1.29, 1.82) is 0 Å². The van der Waals surface area contributed by atoms with Gasteiger partial charge in [-0.1, -0.05) is 222 Å². The number of carboxylic acid groups (broad SMARTS) is 1. The molecule has 0 saturated heterocycles. The highest BCUT2D eigenvalue weighted by Gasteiger charge is 2.25. The van der Waals surface area contributed by atoms with E-state index in [1.807, 2.05) is 21.1 Å². The summed E-state index contributed by atoms with van der Waals surface area (Å²) in [5.74, 6) is -2.01. The fourth-order valence-corrected chi connectivity index (χ4v) is 7.98. The Bertz CT molecular complexity index is 1390. The van der Waals surface area contributed by atoms with Crippen LogP contribution < -0.4 is 0 Å². The summed E-state index contributed by atoms with van der Waals surface area (Å²) in [6.07, 6.45) is 65.4. The highest BCUT2D eigenvalue weighted by Crippen LogP contribution is 2.16. The molecule has 0 aromatic rings. The van der Waals surface area contributed by atoms with Gasteiger partial charge in [0.25, 0.3) is 6.29 Å². The first-order valence-electron chi connectivity index (χ1n) is 29.1. The zero-order chi connectivity index (χ0) is 52.0. The fourth-order valence-electron chi connectivity index (χ4n) is 7.98. The van der Waals surface area contributed by atoms with Crippen LogP contribution in [0.25, 0.3) is 0 Å². The van der Waals surface area contributed by atoms with Crippen LogP contribution in [0, 0.1) is 0 Å². The molecular formula is C62H110NO8+. The first kappa shape index (κ1) is 67.7. The fraction of sp³-hybridized carbons (Fsp3) is 0.758. The smallest absolute Gasteiger partial charge is 0.361 e. The van der Waals surface area contributed by atoms with E-state index in [0.717, 1.165) is 77.0 Å². The lowest BCUT2D eigenvalue weighted by molar-refractivity contribution is -0.870. The van der Waals surface area contributed by atoms with Gasteiger partial charge in [-0.05, 0) is 83.5 Å². The third-order valence-corrected chi connectivity index (χ3v) is 12.4. The summed E-state index contributed by atoms with van der Waals surface area (Å²) in [7, 11) is 5.96. The molecule has 0 aliphatic rings. The molecule has 2 unspecified atom stereocenters. The Hall–Kier alpha value is -3.27. The number of nitrogens with zero attached hydrogens (tertiary/aromatic N) is 1. The molecule has 0 saturated carbocycles. The molecule has 0 fully saturated rings. The Labute approximate surface area is 437 Å². The molecule has 0 aliphatic heterocycles. The molecule has 1 N–H and O–H groups in total. The molecule has 2 atom stereocenters. The summed E-state index contributed by atoms with van der Waals surface area (Å²) < 4.78 is 22.9. The maximum absolute atomic E-state index is 12.9. The molecule has 410 valence electrons. The van der Waals surface area contributed by atoms with E-state index in [4.69, 9.17) is 18.9 Å². The van der Waals surface area contributed by atoms with Crippen molar-refractivity contribution in [2.75, 3.05) is 47.5 Å². The van der Waals surface area contributed by atoms with Gasteiger partial charge in [0.2, 0.25) is 0 Å². The zero-order valence-corrected chi connectivity index (χ0v) is 46.6. The lowest BCUT2D eigenvalue weighted by Crippen LogP contribution is -2.40. The van der Waals surface area contributed by atoms with Crippen LogP contribution in [0.1, 0.15) is 245 Å². The number of hydrogen-bond donors (Lipinski definition) is 1. The van der Waals surface area contributed by atoms with Crippen molar-refractivity contribution in [1.82, 2.24) is 0 Å². The predicted molar refractivity (Wildman–Crippen MR) is 299 cm³/mol. The lowest BCUT2D eigenvalue weighted by Gasteiger charge is -2.25. The first-order chi connectivity index (χ1) is 34.6. The van der Waals surface area contributed by atoms with Crippen LogP contribution in [-0.4, -0.2) is 87.4 Å². The molecule has 0 aliphatic carbocycles. The number of allylic oxidation sites excluding steroid dienone is 12. The van der Waals surface area contributed by atoms with Crippen molar-refractivity contribution >= 4 is 17.9 Å². The molecule has 0 amide bonds. The van der Waals surface area contributed by atoms with Crippen LogP contribution in [0.4, 0.5) is 0 Å². The number of carbonyl (C=O) groups excluding carboxylic acids is 2. The summed E-state index contributed by atoms with van der Waals surface area (Å²) in [4.78, 5) is 37.4. The van der Waals surface area contributed by atoms with Crippen molar-refractivity contribution in [3.8, 4) is 0 Å². The number of quaternary nitrogens is 1. The van der Waals surface area contributed by atoms with E-state index >= 15 is 0 Å². The normalized spacial score (nSPS) is 13.3. The van der Waals surface area contributed by atoms with Gasteiger partial charge in [0.15, 0.2) is 6.10 Å². The molecule has 0 aromatic heterocycles. The number of ether oxygens (including phenoxy) is 4. The Morgan fingerprint density at radius 1 is 0.437 bits per heavy atom. The van der Waals surface area contributed by atoms with Gasteiger partial charge in [-0.3, -0.25) is 9.59 Å². The standard InChI is InChI=1S/C62H109NO8/c1-6-8-10-12-14-16-18-20-22-24-26-28-29-30-31-33-35-37-39-41-43-45-47-49-51-53-60(65)71-58(57-70-62(61(66)67)68-55-54-63(3,4)5)56-69-59(64)52-50-48-46-44-42-40-38-36-34-32-27-25-23-21-19-17-15-13-11-9-7-2/h8,10,14,16,20,22,25-28,30-31,58,62H,6-7,9,11-13,15,17-19,21,23-24,29,32-57H2,1-5H3/p+1/b10-8-,16-14-,22-20-,27-25-,28-26-,31-30-. The van der Waals surface area contributed by atoms with E-state index in [0.29, 0.717) is 23.9 Å². The maximum atomic E-state index is 12.9. The molecule has 9 nitrogen and oxygen atoms in total. The van der Waals surface area contributed by atoms with Crippen molar-refractivity contribution in [3.63, 3.8) is 0 Å². The van der Waals surface area contributed by atoms with Gasteiger partial charge in [0, 0.05) is 12.8 Å². The van der Waals surface area contributed by atoms with Crippen molar-refractivity contribution in [2.24, 2.45) is 0 Å². The van der Waals surface area contributed by atoms with Gasteiger partial charge in [-0.2, -0.15) is 0 Å². The van der Waals surface area contributed by atoms with Crippen LogP contribution in [0.5, 0.6) is 0 Å². The third kappa shape index (κ3) is 54.3. The molecule has 0 spiro atoms. The highest BCUT2D eigenvalue weighted by molar-refractivity contribution is 5.71. The average molecular weight is 998 g/mol. The highest BCUT2D eigenvalue weighted by atomic mass is 16.7. The number of likely N-dealkylation sites (N-methyl/N-ethyl adjacent to an activating group) is 1. The second-order valence-corrected chi connectivity index (χ2v) is 20.6. The quantitative estimate of drug-likeness (QED) is 0.0211. The molecule has 0 aromatic carbocycles. The van der Waals surface area contributed by atoms with Gasteiger partial charge in [-0.15, -0.1) is 0 Å². The monoisotopic (exact) mass is 997 g/mol. The van der Waals surface area contributed by atoms with Gasteiger partial charge >= 0.3 is 17.9 Å². The zero-order valence-electron chi connectivity index (χ0n) is 46.6. The summed E-state index contributed by atoms with van der Waals surface area (Å²) in [6, 6.07) is 0. The predicted octanol–water partition coefficient (Wildman–Crippen LogP) is 17.0. The second-order valence-electron chi connectivity index (χ2n) is 20.6. The second kappa shape index (κ2) is 53.0. The number of unbranched alkanes of at least 4 members (excludes halogenated alkanes) is 26. The number of aliphatic carboxylic acids is 1. The molecule has 71 heavy (non-hydrogen) atoms. The molecule has 0 bridgehead atoms. The Balaban J connectivity index is 4.27. The summed E-state index contributed by atoms with van der Waals surface area (Å²) >= 11 is 0. The number of rotatable bonds is 53. The molecule has 0 heterocycles. The number of carbonyl (C=O) groups is 3. The summed E-state index contributed by atoms with van der Waals surface area (Å²) in [5.41, 5.74) is 0. The van der Waals surface area contributed by atoms with E-state index in [1.165, 1.54) is 135 Å². The van der Waals surface area contributed by atoms with Crippen LogP contribution in [0.3, 0.4) is 0 Å². The van der Waals surface area contributed by atoms with Crippen LogP contribution in [0.15, 0.2) is 72.9 Å². The van der Waals surface area contributed by atoms with Crippen molar-refractivity contribution in [2.45, 2.75) is 257 Å². The Morgan fingerprint density at radius 3 is 1.21 bits per heavy atom. The van der Waals surface area contributed by atoms with Crippen molar-refractivity contribution < 1.29 is 42.9 Å². The number of hydrogen-bond acceptors (Lipinski definition) is 7. The largest absolute Gasteiger partial charge is 0.477 e. The average Bonchev–Trinajstić information content (AvgIpc) is 3.34. The first-order valence-corrected chi connectivity index (χ1v) is 29.1.